The minimum Gasteiger partial charge on any atom is -0.465 e. The molecule has 0 aliphatic heterocycles. The minimum absolute atomic E-state index is 0.317. The number of carbonyl (C=O) groups excluding carboxylic acids is 1. The fraction of sp³-hybridized carbons (Fsp3) is 0.174. The highest BCUT2D eigenvalue weighted by Crippen LogP contribution is 2.27. The lowest BCUT2D eigenvalue weighted by atomic mass is 10.1. The summed E-state index contributed by atoms with van der Waals surface area (Å²) in [6, 6.07) is 15.1. The molecule has 1 N–H and O–H groups in total. The number of nitrogens with one attached hydrogen (secondary N) is 1. The van der Waals surface area contributed by atoms with E-state index in [1.54, 1.807) is 41.4 Å². The van der Waals surface area contributed by atoms with E-state index >= 15 is 0 Å². The molecular formula is C23H21ClN4O2. The van der Waals surface area contributed by atoms with Crippen LogP contribution in [0.3, 0.4) is 0 Å². The lowest BCUT2D eigenvalue weighted by molar-refractivity contribution is -0.111. The van der Waals surface area contributed by atoms with Gasteiger partial charge in [-0.1, -0.05) is 37.1 Å². The van der Waals surface area contributed by atoms with Gasteiger partial charge in [0.15, 0.2) is 0 Å². The second-order valence-electron chi connectivity index (χ2n) is 6.92. The maximum absolute atomic E-state index is 12.2. The Morgan fingerprint density at radius 2 is 1.93 bits per heavy atom. The summed E-state index contributed by atoms with van der Waals surface area (Å²) >= 11 is 6.34. The fourth-order valence-corrected chi connectivity index (χ4v) is 3.25. The molecule has 0 aliphatic rings. The van der Waals surface area contributed by atoms with E-state index in [-0.39, 0.29) is 5.91 Å². The Morgan fingerprint density at radius 3 is 2.63 bits per heavy atom. The van der Waals surface area contributed by atoms with Crippen LogP contribution in [-0.2, 0) is 11.2 Å². The number of carbonyl (C=O) groups is 1. The van der Waals surface area contributed by atoms with Crippen LogP contribution in [0.15, 0.2) is 65.3 Å². The lowest BCUT2D eigenvalue weighted by Crippen LogP contribution is -2.08. The fourth-order valence-electron chi connectivity index (χ4n) is 3.04. The molecule has 0 unspecified atom stereocenters. The first-order valence-electron chi connectivity index (χ1n) is 9.81. The van der Waals surface area contributed by atoms with Crippen LogP contribution in [-0.4, -0.2) is 20.9 Å². The van der Waals surface area contributed by atoms with Crippen molar-refractivity contribution in [1.82, 2.24) is 15.0 Å². The van der Waals surface area contributed by atoms with Crippen molar-refractivity contribution in [2.24, 2.45) is 0 Å². The van der Waals surface area contributed by atoms with Crippen molar-refractivity contribution in [3.8, 4) is 5.69 Å². The minimum atomic E-state index is -0.317. The smallest absolute Gasteiger partial charge is 0.248 e. The average Bonchev–Trinajstić information content (AvgIpc) is 3.41. The van der Waals surface area contributed by atoms with E-state index in [1.165, 1.54) is 24.5 Å². The van der Waals surface area contributed by atoms with Crippen LogP contribution in [0.1, 0.15) is 31.1 Å². The number of hydrogen-bond donors (Lipinski definition) is 1. The van der Waals surface area contributed by atoms with E-state index in [0.29, 0.717) is 27.5 Å². The van der Waals surface area contributed by atoms with Gasteiger partial charge in [-0.25, -0.2) is 0 Å². The maximum atomic E-state index is 12.2. The predicted octanol–water partition coefficient (Wildman–Crippen LogP) is 5.66. The first-order chi connectivity index (χ1) is 14.6. The van der Waals surface area contributed by atoms with Gasteiger partial charge >= 0.3 is 0 Å². The Kier molecular flexibility index (Phi) is 5.95. The SMILES string of the molecule is CCCCc1ccc(-n2nc3cc(Cl)c(NC(=O)/C=C/c4ccco4)cc3n2)cc1. The lowest BCUT2D eigenvalue weighted by Gasteiger charge is -2.04. The number of amides is 1. The molecule has 6 nitrogen and oxygen atoms in total. The van der Waals surface area contributed by atoms with E-state index < -0.39 is 0 Å². The largest absolute Gasteiger partial charge is 0.465 e. The predicted molar refractivity (Wildman–Crippen MR) is 119 cm³/mol. The monoisotopic (exact) mass is 420 g/mol. The summed E-state index contributed by atoms with van der Waals surface area (Å²) in [7, 11) is 0. The molecule has 1 amide bonds. The third-order valence-electron chi connectivity index (χ3n) is 4.66. The highest BCUT2D eigenvalue weighted by molar-refractivity contribution is 6.34. The number of furan rings is 1. The molecule has 30 heavy (non-hydrogen) atoms. The molecule has 7 heteroatoms. The second-order valence-corrected chi connectivity index (χ2v) is 7.33. The Hall–Kier alpha value is -3.38. The molecule has 0 atom stereocenters. The molecule has 0 radical (unpaired) electrons. The average molecular weight is 421 g/mol. The Bertz CT molecular complexity index is 1180. The third kappa shape index (κ3) is 4.60. The maximum Gasteiger partial charge on any atom is 0.248 e. The number of halogens is 1. The Morgan fingerprint density at radius 1 is 1.17 bits per heavy atom. The molecule has 4 aromatic rings. The number of nitrogens with zero attached hydrogens (tertiary/aromatic N) is 3. The number of anilines is 1. The van der Waals surface area contributed by atoms with E-state index in [9.17, 15) is 4.79 Å². The van der Waals surface area contributed by atoms with Gasteiger partial charge < -0.3 is 9.73 Å². The van der Waals surface area contributed by atoms with Crippen LogP contribution in [0.25, 0.3) is 22.8 Å². The zero-order valence-electron chi connectivity index (χ0n) is 16.5. The molecule has 0 saturated carbocycles. The van der Waals surface area contributed by atoms with E-state index in [0.717, 1.165) is 12.1 Å². The van der Waals surface area contributed by atoms with Gasteiger partial charge in [0.1, 0.15) is 16.8 Å². The van der Waals surface area contributed by atoms with Crippen molar-refractivity contribution in [2.45, 2.75) is 26.2 Å². The first kappa shape index (κ1) is 19.9. The second kappa shape index (κ2) is 8.97. The normalized spacial score (nSPS) is 11.4. The van der Waals surface area contributed by atoms with Gasteiger partial charge in [0.2, 0.25) is 5.91 Å². The van der Waals surface area contributed by atoms with Crippen LogP contribution in [0.4, 0.5) is 5.69 Å². The van der Waals surface area contributed by atoms with Crippen LogP contribution < -0.4 is 5.32 Å². The molecule has 0 spiro atoms. The van der Waals surface area contributed by atoms with Crippen LogP contribution in [0.2, 0.25) is 5.02 Å². The van der Waals surface area contributed by atoms with E-state index in [4.69, 9.17) is 16.0 Å². The van der Waals surface area contributed by atoms with Gasteiger partial charge in [0.05, 0.1) is 22.7 Å². The molecule has 0 fully saturated rings. The molecular weight excluding hydrogens is 400 g/mol. The van der Waals surface area contributed by atoms with Gasteiger partial charge in [-0.3, -0.25) is 4.79 Å². The number of unbranched alkanes of at least 4 members (excludes halogenated alkanes) is 1. The number of aromatic nitrogens is 3. The molecule has 2 aromatic heterocycles. The first-order valence-corrected chi connectivity index (χ1v) is 10.2. The quantitative estimate of drug-likeness (QED) is 0.391. The van der Waals surface area contributed by atoms with Gasteiger partial charge in [0.25, 0.3) is 0 Å². The third-order valence-corrected chi connectivity index (χ3v) is 4.97. The molecule has 2 heterocycles. The zero-order valence-corrected chi connectivity index (χ0v) is 17.3. The van der Waals surface area contributed by atoms with Gasteiger partial charge in [-0.05, 0) is 60.9 Å². The molecule has 4 rings (SSSR count). The number of fused-ring (bicyclic) bond motifs is 1. The summed E-state index contributed by atoms with van der Waals surface area (Å²) in [6.07, 6.45) is 7.93. The number of rotatable bonds is 7. The topological polar surface area (TPSA) is 73.0 Å². The van der Waals surface area contributed by atoms with Gasteiger partial charge in [0, 0.05) is 6.08 Å². The molecule has 152 valence electrons. The van der Waals surface area contributed by atoms with Gasteiger partial charge in [-0.2, -0.15) is 4.80 Å². The van der Waals surface area contributed by atoms with Crippen molar-refractivity contribution in [1.29, 1.82) is 0 Å². The molecule has 0 saturated heterocycles. The van der Waals surface area contributed by atoms with Crippen molar-refractivity contribution >= 4 is 40.3 Å². The Balaban J connectivity index is 1.53. The summed E-state index contributed by atoms with van der Waals surface area (Å²) in [4.78, 5) is 13.8. The standard InChI is InChI=1S/C23H21ClN4O2/c1-2-3-5-16-7-9-17(10-8-16)28-26-21-14-19(24)20(15-22(21)27-28)25-23(29)12-11-18-6-4-13-30-18/h4,6-15H,2-3,5H2,1H3,(H,25,29)/b12-11+. The summed E-state index contributed by atoms with van der Waals surface area (Å²) in [5.41, 5.74) is 3.93. The van der Waals surface area contributed by atoms with Crippen LogP contribution in [0.5, 0.6) is 0 Å². The number of aryl methyl sites for hydroxylation is 1. The highest BCUT2D eigenvalue weighted by atomic mass is 35.5. The summed E-state index contributed by atoms with van der Waals surface area (Å²) in [5, 5.41) is 12.2. The summed E-state index contributed by atoms with van der Waals surface area (Å²) in [6.45, 7) is 2.19. The Labute approximate surface area is 179 Å². The number of benzene rings is 2. The van der Waals surface area contributed by atoms with Crippen molar-refractivity contribution in [3.05, 3.63) is 77.2 Å². The molecule has 2 aromatic carbocycles. The van der Waals surface area contributed by atoms with Crippen molar-refractivity contribution in [2.75, 3.05) is 5.32 Å². The summed E-state index contributed by atoms with van der Waals surface area (Å²) in [5.74, 6) is 0.276. The van der Waals surface area contributed by atoms with Crippen molar-refractivity contribution < 1.29 is 9.21 Å². The molecule has 0 bridgehead atoms. The molecule has 0 aliphatic carbocycles. The zero-order chi connectivity index (χ0) is 20.9. The number of hydrogen-bond acceptors (Lipinski definition) is 4. The van der Waals surface area contributed by atoms with Gasteiger partial charge in [-0.15, -0.1) is 10.2 Å². The highest BCUT2D eigenvalue weighted by Gasteiger charge is 2.11. The van der Waals surface area contributed by atoms with Crippen LogP contribution in [0, 0.1) is 0 Å². The van der Waals surface area contributed by atoms with Crippen molar-refractivity contribution in [3.63, 3.8) is 0 Å². The summed E-state index contributed by atoms with van der Waals surface area (Å²) < 4.78 is 5.17. The van der Waals surface area contributed by atoms with E-state index in [2.05, 4.69) is 34.6 Å². The van der Waals surface area contributed by atoms with E-state index in [1.807, 2.05) is 12.1 Å². The van der Waals surface area contributed by atoms with Crippen LogP contribution >= 0.6 is 11.6 Å².